The number of rotatable bonds is 7. The Hall–Kier alpha value is -4.21. The van der Waals surface area contributed by atoms with Gasteiger partial charge in [-0.1, -0.05) is 11.2 Å². The average Bonchev–Trinajstić information content (AvgIpc) is 3.38. The summed E-state index contributed by atoms with van der Waals surface area (Å²) in [6.07, 6.45) is 0. The van der Waals surface area contributed by atoms with E-state index in [-0.39, 0.29) is 12.5 Å². The molecule has 0 unspecified atom stereocenters. The monoisotopic (exact) mass is 448 g/mol. The number of tetrazole rings is 1. The Kier molecular flexibility index (Phi) is 6.07. The first-order chi connectivity index (χ1) is 15.9. The summed E-state index contributed by atoms with van der Waals surface area (Å²) in [5.41, 5.74) is 4.47. The van der Waals surface area contributed by atoms with Gasteiger partial charge in [0.25, 0.3) is 5.91 Å². The largest absolute Gasteiger partial charge is 0.493 e. The SMILES string of the molecule is COc1cc(C(=O)Nc2ccc(C)c(-n3nnnc3C)c2)ccc1OCc1c(C)noc1C. The zero-order valence-corrected chi connectivity index (χ0v) is 19.0. The van der Waals surface area contributed by atoms with Gasteiger partial charge in [0.1, 0.15) is 12.4 Å². The van der Waals surface area contributed by atoms with Gasteiger partial charge in [-0.3, -0.25) is 4.79 Å². The molecule has 0 saturated carbocycles. The Labute approximate surface area is 190 Å². The van der Waals surface area contributed by atoms with Gasteiger partial charge in [0.2, 0.25) is 0 Å². The second kappa shape index (κ2) is 9.11. The normalized spacial score (nSPS) is 10.8. The molecule has 2 aromatic heterocycles. The van der Waals surface area contributed by atoms with Crippen LogP contribution in [0.15, 0.2) is 40.9 Å². The third-order valence-electron chi connectivity index (χ3n) is 5.30. The number of nitrogens with zero attached hydrogens (tertiary/aromatic N) is 5. The second-order valence-electron chi connectivity index (χ2n) is 7.55. The number of carbonyl (C=O) groups excluding carboxylic acids is 1. The molecule has 0 bridgehead atoms. The van der Waals surface area contributed by atoms with E-state index < -0.39 is 0 Å². The molecule has 10 nitrogen and oxygen atoms in total. The lowest BCUT2D eigenvalue weighted by Gasteiger charge is -2.13. The summed E-state index contributed by atoms with van der Waals surface area (Å²) >= 11 is 0. The van der Waals surface area contributed by atoms with Crippen LogP contribution >= 0.6 is 0 Å². The Morgan fingerprint density at radius 1 is 1.09 bits per heavy atom. The molecule has 0 saturated heterocycles. The molecule has 0 aliphatic heterocycles. The minimum absolute atomic E-state index is 0.284. The van der Waals surface area contributed by atoms with E-state index in [2.05, 4.69) is 26.0 Å². The van der Waals surface area contributed by atoms with Crippen LogP contribution in [0.2, 0.25) is 0 Å². The summed E-state index contributed by atoms with van der Waals surface area (Å²) in [4.78, 5) is 12.9. The molecule has 1 N–H and O–H groups in total. The van der Waals surface area contributed by atoms with E-state index in [0.717, 1.165) is 22.5 Å². The Morgan fingerprint density at radius 3 is 2.58 bits per heavy atom. The lowest BCUT2D eigenvalue weighted by atomic mass is 10.1. The van der Waals surface area contributed by atoms with Crippen molar-refractivity contribution in [1.29, 1.82) is 0 Å². The summed E-state index contributed by atoms with van der Waals surface area (Å²) in [6.45, 7) is 7.74. The standard InChI is InChI=1S/C23H24N6O4/c1-13-6-8-18(11-20(13)29-16(4)25-27-28-29)24-23(30)17-7-9-21(22(10-17)31-5)32-12-19-14(2)26-33-15(19)3/h6-11H,12H2,1-5H3,(H,24,30). The third-order valence-corrected chi connectivity index (χ3v) is 5.30. The van der Waals surface area contributed by atoms with E-state index in [1.807, 2.05) is 45.9 Å². The van der Waals surface area contributed by atoms with Crippen LogP contribution < -0.4 is 14.8 Å². The lowest BCUT2D eigenvalue weighted by molar-refractivity contribution is 0.102. The number of hydrogen-bond acceptors (Lipinski definition) is 8. The summed E-state index contributed by atoms with van der Waals surface area (Å²) in [5, 5.41) is 18.5. The first kappa shape index (κ1) is 22.0. The van der Waals surface area contributed by atoms with Crippen molar-refractivity contribution in [2.45, 2.75) is 34.3 Å². The molecular weight excluding hydrogens is 424 g/mol. The van der Waals surface area contributed by atoms with Gasteiger partial charge in [-0.15, -0.1) is 5.10 Å². The molecule has 2 heterocycles. The molecule has 4 rings (SSSR count). The fourth-order valence-corrected chi connectivity index (χ4v) is 3.36. The van der Waals surface area contributed by atoms with Crippen LogP contribution in [0.25, 0.3) is 5.69 Å². The smallest absolute Gasteiger partial charge is 0.255 e. The maximum absolute atomic E-state index is 12.9. The van der Waals surface area contributed by atoms with Gasteiger partial charge in [-0.25, -0.2) is 0 Å². The zero-order valence-electron chi connectivity index (χ0n) is 19.0. The van der Waals surface area contributed by atoms with Crippen molar-refractivity contribution >= 4 is 11.6 Å². The minimum atomic E-state index is -0.284. The van der Waals surface area contributed by atoms with Crippen molar-refractivity contribution in [2.75, 3.05) is 12.4 Å². The van der Waals surface area contributed by atoms with E-state index >= 15 is 0 Å². The number of ether oxygens (including phenoxy) is 2. The first-order valence-electron chi connectivity index (χ1n) is 10.3. The number of carbonyl (C=O) groups is 1. The lowest BCUT2D eigenvalue weighted by Crippen LogP contribution is -2.13. The van der Waals surface area contributed by atoms with Crippen molar-refractivity contribution in [1.82, 2.24) is 25.4 Å². The summed E-state index contributed by atoms with van der Waals surface area (Å²) < 4.78 is 18.1. The molecule has 10 heteroatoms. The van der Waals surface area contributed by atoms with Crippen LogP contribution in [-0.4, -0.2) is 38.4 Å². The van der Waals surface area contributed by atoms with Gasteiger partial charge < -0.3 is 19.3 Å². The number of nitrogens with one attached hydrogen (secondary N) is 1. The topological polar surface area (TPSA) is 117 Å². The van der Waals surface area contributed by atoms with Crippen molar-refractivity contribution in [2.24, 2.45) is 0 Å². The van der Waals surface area contributed by atoms with Crippen LogP contribution in [0.4, 0.5) is 5.69 Å². The quantitative estimate of drug-likeness (QED) is 0.455. The van der Waals surface area contributed by atoms with Crippen LogP contribution in [0.1, 0.15) is 38.8 Å². The molecule has 33 heavy (non-hydrogen) atoms. The molecule has 170 valence electrons. The van der Waals surface area contributed by atoms with Crippen LogP contribution in [0, 0.1) is 27.7 Å². The number of amides is 1. The minimum Gasteiger partial charge on any atom is -0.493 e. The van der Waals surface area contributed by atoms with Crippen molar-refractivity contribution < 1.29 is 18.8 Å². The fraction of sp³-hybridized carbons (Fsp3) is 0.261. The first-order valence-corrected chi connectivity index (χ1v) is 10.3. The summed E-state index contributed by atoms with van der Waals surface area (Å²) in [7, 11) is 1.53. The van der Waals surface area contributed by atoms with Crippen LogP contribution in [0.3, 0.4) is 0 Å². The Balaban J connectivity index is 1.51. The van der Waals surface area contributed by atoms with E-state index in [1.165, 1.54) is 7.11 Å². The maximum atomic E-state index is 12.9. The third kappa shape index (κ3) is 4.54. The number of aryl methyl sites for hydroxylation is 4. The highest BCUT2D eigenvalue weighted by molar-refractivity contribution is 6.04. The number of hydrogen-bond donors (Lipinski definition) is 1. The number of methoxy groups -OCH3 is 1. The van der Waals surface area contributed by atoms with Gasteiger partial charge in [0.15, 0.2) is 17.3 Å². The predicted octanol–water partition coefficient (Wildman–Crippen LogP) is 3.72. The van der Waals surface area contributed by atoms with Crippen LogP contribution in [0.5, 0.6) is 11.5 Å². The number of aromatic nitrogens is 5. The van der Waals surface area contributed by atoms with Crippen LogP contribution in [-0.2, 0) is 6.61 Å². The second-order valence-corrected chi connectivity index (χ2v) is 7.55. The van der Waals surface area contributed by atoms with Gasteiger partial charge in [0.05, 0.1) is 24.1 Å². The molecule has 0 radical (unpaired) electrons. The highest BCUT2D eigenvalue weighted by atomic mass is 16.5. The molecule has 1 amide bonds. The van der Waals surface area contributed by atoms with Gasteiger partial charge in [0, 0.05) is 11.3 Å². The maximum Gasteiger partial charge on any atom is 0.255 e. The average molecular weight is 448 g/mol. The van der Waals surface area contributed by atoms with Crippen molar-refractivity contribution in [3.8, 4) is 17.2 Å². The summed E-state index contributed by atoms with van der Waals surface area (Å²) in [6, 6.07) is 10.6. The molecule has 2 aromatic carbocycles. The number of benzene rings is 2. The fourth-order valence-electron chi connectivity index (χ4n) is 3.36. The molecule has 0 aliphatic carbocycles. The summed E-state index contributed by atoms with van der Waals surface area (Å²) in [5.74, 6) is 2.04. The van der Waals surface area contributed by atoms with E-state index in [1.54, 1.807) is 22.9 Å². The number of anilines is 1. The van der Waals surface area contributed by atoms with Crippen molar-refractivity contribution in [3.63, 3.8) is 0 Å². The molecule has 0 aliphatic rings. The van der Waals surface area contributed by atoms with E-state index in [9.17, 15) is 4.79 Å². The van der Waals surface area contributed by atoms with E-state index in [4.69, 9.17) is 14.0 Å². The Morgan fingerprint density at radius 2 is 1.91 bits per heavy atom. The van der Waals surface area contributed by atoms with Gasteiger partial charge in [-0.2, -0.15) is 4.68 Å². The molecule has 0 atom stereocenters. The highest BCUT2D eigenvalue weighted by Crippen LogP contribution is 2.30. The predicted molar refractivity (Wildman–Crippen MR) is 120 cm³/mol. The zero-order chi connectivity index (χ0) is 23.5. The molecular formula is C23H24N6O4. The van der Waals surface area contributed by atoms with Crippen molar-refractivity contribution in [3.05, 3.63) is 70.4 Å². The van der Waals surface area contributed by atoms with Gasteiger partial charge >= 0.3 is 0 Å². The molecule has 4 aromatic rings. The highest BCUT2D eigenvalue weighted by Gasteiger charge is 2.15. The molecule has 0 fully saturated rings. The molecule has 0 spiro atoms. The van der Waals surface area contributed by atoms with E-state index in [0.29, 0.717) is 34.3 Å². The Bertz CT molecular complexity index is 1290. The van der Waals surface area contributed by atoms with Gasteiger partial charge in [-0.05, 0) is 74.0 Å².